The summed E-state index contributed by atoms with van der Waals surface area (Å²) in [6.45, 7) is 1.31. The lowest BCUT2D eigenvalue weighted by molar-refractivity contribution is -0.127. The van der Waals surface area contributed by atoms with Crippen LogP contribution >= 0.6 is 27.7 Å². The van der Waals surface area contributed by atoms with Gasteiger partial charge in [0.1, 0.15) is 16.7 Å². The number of hydrogen-bond donors (Lipinski definition) is 0. The van der Waals surface area contributed by atoms with E-state index in [0.29, 0.717) is 30.2 Å². The summed E-state index contributed by atoms with van der Waals surface area (Å²) < 4.78 is 0.979. The summed E-state index contributed by atoms with van der Waals surface area (Å²) >= 11 is 4.76. The van der Waals surface area contributed by atoms with Crippen molar-refractivity contribution in [1.82, 2.24) is 4.90 Å². The van der Waals surface area contributed by atoms with Gasteiger partial charge in [-0.15, -0.1) is 0 Å². The van der Waals surface area contributed by atoms with E-state index in [0.717, 1.165) is 29.3 Å². The predicted molar refractivity (Wildman–Crippen MR) is 126 cm³/mol. The molecule has 0 spiro atoms. The van der Waals surface area contributed by atoms with Gasteiger partial charge in [-0.05, 0) is 55.5 Å². The van der Waals surface area contributed by atoms with Crippen LogP contribution in [0, 0.1) is 11.3 Å². The Balaban J connectivity index is 1.71. The Bertz CT molecular complexity index is 1040. The summed E-state index contributed by atoms with van der Waals surface area (Å²) in [7, 11) is 0. The number of nitriles is 1. The van der Waals surface area contributed by atoms with Crippen LogP contribution in [0.5, 0.6) is 0 Å². The van der Waals surface area contributed by atoms with Crippen LogP contribution in [0.3, 0.4) is 0 Å². The highest BCUT2D eigenvalue weighted by Crippen LogP contribution is 2.42. The molecule has 7 heteroatoms. The molecule has 2 aromatic rings. The number of likely N-dealkylation sites (tertiary alicyclic amines) is 1. The molecule has 0 saturated carbocycles. The van der Waals surface area contributed by atoms with Crippen molar-refractivity contribution in [2.75, 3.05) is 18.0 Å². The van der Waals surface area contributed by atoms with E-state index >= 15 is 0 Å². The smallest absolute Gasteiger partial charge is 0.267 e. The maximum absolute atomic E-state index is 13.4. The highest BCUT2D eigenvalue weighted by molar-refractivity contribution is 9.10. The van der Waals surface area contributed by atoms with Crippen molar-refractivity contribution in [3.05, 3.63) is 75.2 Å². The molecule has 0 N–H and O–H groups in total. The molecule has 158 valence electrons. The molecular formula is C24H22BrN3O2S. The first kappa shape index (κ1) is 21.7. The predicted octanol–water partition coefficient (Wildman–Crippen LogP) is 4.89. The zero-order valence-corrected chi connectivity index (χ0v) is 19.4. The highest BCUT2D eigenvalue weighted by Gasteiger charge is 2.41. The largest absolute Gasteiger partial charge is 0.338 e. The minimum atomic E-state index is -0.395. The zero-order valence-electron chi connectivity index (χ0n) is 17.0. The minimum absolute atomic E-state index is 0.0578. The number of para-hydroxylation sites is 1. The van der Waals surface area contributed by atoms with E-state index in [1.54, 1.807) is 9.80 Å². The Morgan fingerprint density at radius 3 is 2.39 bits per heavy atom. The lowest BCUT2D eigenvalue weighted by Gasteiger charge is -2.27. The molecule has 2 saturated heterocycles. The number of carbonyl (C=O) groups excluding carboxylic acids is 2. The number of nitrogens with zero attached hydrogens (tertiary/aromatic N) is 3. The molecular weight excluding hydrogens is 474 g/mol. The standard InChI is InChI=1S/C24H22BrN3O2S/c25-18-11-9-17(10-12-18)15-21-23(30)28(19-7-3-1-4-8-19)24(31-21)20(16-26)22(29)27-13-5-2-6-14-27/h1,3-4,7-12,21H,2,5-6,13-15H2/b24-20+/t21-/m0/s1. The van der Waals surface area contributed by atoms with E-state index in [1.165, 1.54) is 11.8 Å². The van der Waals surface area contributed by atoms with Crippen molar-refractivity contribution in [1.29, 1.82) is 5.26 Å². The van der Waals surface area contributed by atoms with Gasteiger partial charge in [0.05, 0.1) is 5.25 Å². The maximum atomic E-state index is 13.4. The van der Waals surface area contributed by atoms with Crippen LogP contribution < -0.4 is 4.90 Å². The first-order valence-electron chi connectivity index (χ1n) is 10.3. The van der Waals surface area contributed by atoms with Crippen molar-refractivity contribution in [2.45, 2.75) is 30.9 Å². The maximum Gasteiger partial charge on any atom is 0.267 e. The van der Waals surface area contributed by atoms with E-state index in [-0.39, 0.29) is 17.4 Å². The van der Waals surface area contributed by atoms with Crippen LogP contribution in [0.1, 0.15) is 24.8 Å². The van der Waals surface area contributed by atoms with E-state index in [4.69, 9.17) is 0 Å². The molecule has 1 atom stereocenters. The molecule has 0 unspecified atom stereocenters. The third-order valence-electron chi connectivity index (χ3n) is 5.48. The fourth-order valence-electron chi connectivity index (χ4n) is 3.88. The van der Waals surface area contributed by atoms with Crippen LogP contribution in [0.15, 0.2) is 69.7 Å². The fourth-order valence-corrected chi connectivity index (χ4v) is 5.45. The summed E-state index contributed by atoms with van der Waals surface area (Å²) in [5, 5.41) is 9.98. The second-order valence-corrected chi connectivity index (χ2v) is 9.70. The summed E-state index contributed by atoms with van der Waals surface area (Å²) in [5.74, 6) is -0.379. The molecule has 2 amide bonds. The fraction of sp³-hybridized carbons (Fsp3) is 0.292. The van der Waals surface area contributed by atoms with Gasteiger partial charge in [0.25, 0.3) is 5.91 Å². The lowest BCUT2D eigenvalue weighted by atomic mass is 10.1. The molecule has 2 heterocycles. The number of carbonyl (C=O) groups is 2. The van der Waals surface area contributed by atoms with Crippen molar-refractivity contribution >= 4 is 45.2 Å². The Hall–Kier alpha value is -2.56. The molecule has 0 aromatic heterocycles. The summed E-state index contributed by atoms with van der Waals surface area (Å²) in [4.78, 5) is 29.9. The van der Waals surface area contributed by atoms with Gasteiger partial charge in [-0.25, -0.2) is 0 Å². The van der Waals surface area contributed by atoms with Crippen LogP contribution in [0.4, 0.5) is 5.69 Å². The number of anilines is 1. The van der Waals surface area contributed by atoms with Crippen molar-refractivity contribution in [3.63, 3.8) is 0 Å². The summed E-state index contributed by atoms with van der Waals surface area (Å²) in [6, 6.07) is 19.2. The van der Waals surface area contributed by atoms with E-state index in [2.05, 4.69) is 22.0 Å². The molecule has 0 radical (unpaired) electrons. The third kappa shape index (κ3) is 4.70. The van der Waals surface area contributed by atoms with E-state index in [1.807, 2.05) is 54.6 Å². The molecule has 31 heavy (non-hydrogen) atoms. The van der Waals surface area contributed by atoms with Crippen LogP contribution in [0.2, 0.25) is 0 Å². The number of halogens is 1. The minimum Gasteiger partial charge on any atom is -0.338 e. The third-order valence-corrected chi connectivity index (χ3v) is 7.28. The van der Waals surface area contributed by atoms with Crippen molar-refractivity contribution < 1.29 is 9.59 Å². The number of benzene rings is 2. The summed E-state index contributed by atoms with van der Waals surface area (Å²) in [5.41, 5.74) is 1.76. The lowest BCUT2D eigenvalue weighted by Crippen LogP contribution is -2.37. The second-order valence-electron chi connectivity index (χ2n) is 7.59. The molecule has 4 rings (SSSR count). The number of amides is 2. The number of piperidine rings is 1. The van der Waals surface area contributed by atoms with Gasteiger partial charge >= 0.3 is 0 Å². The van der Waals surface area contributed by atoms with Crippen molar-refractivity contribution in [3.8, 4) is 6.07 Å². The van der Waals surface area contributed by atoms with Gasteiger partial charge in [0.15, 0.2) is 0 Å². The Labute approximate surface area is 194 Å². The molecule has 2 aliphatic heterocycles. The second kappa shape index (κ2) is 9.71. The molecule has 0 aliphatic carbocycles. The molecule has 5 nitrogen and oxygen atoms in total. The average molecular weight is 496 g/mol. The van der Waals surface area contributed by atoms with Gasteiger partial charge in [-0.2, -0.15) is 5.26 Å². The van der Waals surface area contributed by atoms with Gasteiger partial charge in [-0.1, -0.05) is 58.0 Å². The van der Waals surface area contributed by atoms with E-state index < -0.39 is 5.25 Å². The first-order valence-corrected chi connectivity index (χ1v) is 12.0. The number of rotatable bonds is 4. The molecule has 0 bridgehead atoms. The molecule has 2 fully saturated rings. The van der Waals surface area contributed by atoms with Gasteiger partial charge in [0.2, 0.25) is 5.91 Å². The van der Waals surface area contributed by atoms with Gasteiger partial charge in [0, 0.05) is 23.2 Å². The summed E-state index contributed by atoms with van der Waals surface area (Å²) in [6.07, 6.45) is 3.52. The monoisotopic (exact) mass is 495 g/mol. The Kier molecular flexibility index (Phi) is 6.79. The Morgan fingerprint density at radius 1 is 1.06 bits per heavy atom. The van der Waals surface area contributed by atoms with Crippen LogP contribution in [-0.2, 0) is 16.0 Å². The molecule has 2 aromatic carbocycles. The number of thioether (sulfide) groups is 1. The average Bonchev–Trinajstić information content (AvgIpc) is 3.12. The molecule has 2 aliphatic rings. The van der Waals surface area contributed by atoms with E-state index in [9.17, 15) is 14.9 Å². The topological polar surface area (TPSA) is 64.4 Å². The first-order chi connectivity index (χ1) is 15.1. The SMILES string of the molecule is N#C/C(C(=O)N1CCCCC1)=C1\S[C@@H](Cc2ccc(Br)cc2)C(=O)N1c1ccccc1. The van der Waals surface area contributed by atoms with Crippen LogP contribution in [0.25, 0.3) is 0 Å². The number of hydrogen-bond acceptors (Lipinski definition) is 4. The van der Waals surface area contributed by atoms with Crippen molar-refractivity contribution in [2.24, 2.45) is 0 Å². The normalized spacial score (nSPS) is 20.5. The quantitative estimate of drug-likeness (QED) is 0.447. The Morgan fingerprint density at radius 2 is 1.74 bits per heavy atom. The zero-order chi connectivity index (χ0) is 21.8. The van der Waals surface area contributed by atoms with Crippen LogP contribution in [-0.4, -0.2) is 35.1 Å². The highest BCUT2D eigenvalue weighted by atomic mass is 79.9. The van der Waals surface area contributed by atoms with Gasteiger partial charge in [-0.3, -0.25) is 14.5 Å². The van der Waals surface area contributed by atoms with Gasteiger partial charge < -0.3 is 4.90 Å².